The van der Waals surface area contributed by atoms with E-state index in [-0.39, 0.29) is 11.5 Å². The largest absolute Gasteiger partial charge is 0.481 e. The van der Waals surface area contributed by atoms with E-state index in [0.717, 1.165) is 11.8 Å². The SMILES string of the molecule is CC(C)N(CC(F)(F)F)C(=O)CSCC(=O)O. The van der Waals surface area contributed by atoms with Gasteiger partial charge in [-0.05, 0) is 13.8 Å². The summed E-state index contributed by atoms with van der Waals surface area (Å²) in [4.78, 5) is 22.3. The Morgan fingerprint density at radius 2 is 1.82 bits per heavy atom. The lowest BCUT2D eigenvalue weighted by atomic mass is 10.3. The minimum Gasteiger partial charge on any atom is -0.481 e. The summed E-state index contributed by atoms with van der Waals surface area (Å²) in [6.45, 7) is 1.65. The standard InChI is InChI=1S/C9H14F3NO3S/c1-6(2)13(5-9(10,11)12)7(14)3-17-4-8(15)16/h6H,3-5H2,1-2H3,(H,15,16). The number of hydrogen-bond donors (Lipinski definition) is 1. The van der Waals surface area contributed by atoms with Crippen LogP contribution in [0.4, 0.5) is 13.2 Å². The molecular formula is C9H14F3NO3S. The molecule has 0 aliphatic carbocycles. The molecule has 0 bridgehead atoms. The number of aliphatic carboxylic acids is 1. The number of nitrogens with zero attached hydrogens (tertiary/aromatic N) is 1. The second kappa shape index (κ2) is 6.73. The third-order valence-electron chi connectivity index (χ3n) is 1.74. The third kappa shape index (κ3) is 7.89. The van der Waals surface area contributed by atoms with Crippen LogP contribution in [-0.4, -0.2) is 52.2 Å². The summed E-state index contributed by atoms with van der Waals surface area (Å²) in [5.74, 6) is -2.37. The van der Waals surface area contributed by atoms with Crippen LogP contribution in [0.25, 0.3) is 0 Å². The predicted molar refractivity (Wildman–Crippen MR) is 57.9 cm³/mol. The third-order valence-corrected chi connectivity index (χ3v) is 2.65. The maximum atomic E-state index is 12.2. The molecule has 1 amide bonds. The predicted octanol–water partition coefficient (Wildman–Crippen LogP) is 1.60. The number of halogens is 3. The lowest BCUT2D eigenvalue weighted by Gasteiger charge is -2.27. The van der Waals surface area contributed by atoms with Gasteiger partial charge < -0.3 is 10.0 Å². The molecule has 17 heavy (non-hydrogen) atoms. The van der Waals surface area contributed by atoms with Crippen molar-refractivity contribution in [2.24, 2.45) is 0 Å². The van der Waals surface area contributed by atoms with Crippen molar-refractivity contribution in [3.63, 3.8) is 0 Å². The zero-order valence-corrected chi connectivity index (χ0v) is 10.3. The average molecular weight is 273 g/mol. The number of amides is 1. The molecule has 100 valence electrons. The molecule has 0 radical (unpaired) electrons. The topological polar surface area (TPSA) is 57.6 Å². The number of carboxylic acids is 1. The van der Waals surface area contributed by atoms with Gasteiger partial charge in [0.25, 0.3) is 0 Å². The second-order valence-corrected chi connectivity index (χ2v) is 4.60. The fourth-order valence-corrected chi connectivity index (χ4v) is 1.68. The molecule has 0 heterocycles. The smallest absolute Gasteiger partial charge is 0.406 e. The van der Waals surface area contributed by atoms with E-state index in [9.17, 15) is 22.8 Å². The Morgan fingerprint density at radius 3 is 2.18 bits per heavy atom. The highest BCUT2D eigenvalue weighted by Crippen LogP contribution is 2.18. The van der Waals surface area contributed by atoms with Crippen molar-refractivity contribution in [1.82, 2.24) is 4.90 Å². The molecule has 0 unspecified atom stereocenters. The van der Waals surface area contributed by atoms with Gasteiger partial charge in [0.05, 0.1) is 11.5 Å². The molecule has 0 saturated carbocycles. The van der Waals surface area contributed by atoms with Gasteiger partial charge in [0, 0.05) is 6.04 Å². The highest BCUT2D eigenvalue weighted by molar-refractivity contribution is 8.00. The van der Waals surface area contributed by atoms with Gasteiger partial charge in [0.1, 0.15) is 6.54 Å². The maximum absolute atomic E-state index is 12.2. The van der Waals surface area contributed by atoms with Gasteiger partial charge >= 0.3 is 12.1 Å². The van der Waals surface area contributed by atoms with Crippen molar-refractivity contribution >= 4 is 23.6 Å². The quantitative estimate of drug-likeness (QED) is 0.798. The van der Waals surface area contributed by atoms with Crippen molar-refractivity contribution < 1.29 is 27.9 Å². The van der Waals surface area contributed by atoms with E-state index in [4.69, 9.17) is 5.11 Å². The number of carbonyl (C=O) groups is 2. The molecular weight excluding hydrogens is 259 g/mol. The van der Waals surface area contributed by atoms with E-state index >= 15 is 0 Å². The molecule has 0 aromatic heterocycles. The lowest BCUT2D eigenvalue weighted by molar-refractivity contribution is -0.162. The Labute approximate surface area is 101 Å². The average Bonchev–Trinajstić information content (AvgIpc) is 2.11. The van der Waals surface area contributed by atoms with Gasteiger partial charge in [-0.2, -0.15) is 13.2 Å². The minimum atomic E-state index is -4.45. The van der Waals surface area contributed by atoms with Crippen molar-refractivity contribution in [2.75, 3.05) is 18.1 Å². The van der Waals surface area contributed by atoms with Crippen LogP contribution in [0.15, 0.2) is 0 Å². The van der Waals surface area contributed by atoms with Crippen LogP contribution in [0, 0.1) is 0 Å². The van der Waals surface area contributed by atoms with E-state index in [1.54, 1.807) is 0 Å². The van der Waals surface area contributed by atoms with E-state index in [1.807, 2.05) is 0 Å². The lowest BCUT2D eigenvalue weighted by Crippen LogP contribution is -2.44. The minimum absolute atomic E-state index is 0.263. The number of hydrogen-bond acceptors (Lipinski definition) is 3. The first kappa shape index (κ1) is 16.1. The molecule has 8 heteroatoms. The van der Waals surface area contributed by atoms with E-state index in [2.05, 4.69) is 0 Å². The summed E-state index contributed by atoms with van der Waals surface area (Å²) >= 11 is 0.783. The molecule has 0 rings (SSSR count). The number of thioether (sulfide) groups is 1. The molecule has 0 fully saturated rings. The Balaban J connectivity index is 4.31. The molecule has 4 nitrogen and oxygen atoms in total. The molecule has 0 aromatic carbocycles. The number of carboxylic acid groups (broad SMARTS) is 1. The second-order valence-electron chi connectivity index (χ2n) is 3.62. The number of alkyl halides is 3. The Morgan fingerprint density at radius 1 is 1.29 bits per heavy atom. The van der Waals surface area contributed by atoms with Gasteiger partial charge in [-0.1, -0.05) is 0 Å². The molecule has 0 atom stereocenters. The van der Waals surface area contributed by atoms with Gasteiger partial charge in [-0.3, -0.25) is 9.59 Å². The Hall–Kier alpha value is -0.920. The summed E-state index contributed by atoms with van der Waals surface area (Å²) in [6.07, 6.45) is -4.45. The van der Waals surface area contributed by atoms with Crippen LogP contribution in [0.2, 0.25) is 0 Å². The van der Waals surface area contributed by atoms with Crippen LogP contribution in [0.1, 0.15) is 13.8 Å². The Kier molecular flexibility index (Phi) is 6.36. The van der Waals surface area contributed by atoms with Crippen molar-refractivity contribution in [1.29, 1.82) is 0 Å². The molecule has 0 aliphatic rings. The fraction of sp³-hybridized carbons (Fsp3) is 0.778. The van der Waals surface area contributed by atoms with Gasteiger partial charge in [0.15, 0.2) is 0 Å². The monoisotopic (exact) mass is 273 g/mol. The van der Waals surface area contributed by atoms with E-state index < -0.39 is 30.6 Å². The highest BCUT2D eigenvalue weighted by Gasteiger charge is 2.34. The first-order chi connectivity index (χ1) is 7.63. The van der Waals surface area contributed by atoms with Crippen LogP contribution in [-0.2, 0) is 9.59 Å². The van der Waals surface area contributed by atoms with Crippen LogP contribution < -0.4 is 0 Å². The molecule has 1 N–H and O–H groups in total. The summed E-state index contributed by atoms with van der Waals surface area (Å²) in [5, 5.41) is 8.33. The fourth-order valence-electron chi connectivity index (χ4n) is 1.06. The van der Waals surface area contributed by atoms with Crippen LogP contribution >= 0.6 is 11.8 Å². The molecule has 0 aromatic rings. The summed E-state index contributed by atoms with van der Waals surface area (Å²) < 4.78 is 36.5. The maximum Gasteiger partial charge on any atom is 0.406 e. The van der Waals surface area contributed by atoms with Crippen LogP contribution in [0.5, 0.6) is 0 Å². The zero-order valence-electron chi connectivity index (χ0n) is 9.45. The van der Waals surface area contributed by atoms with Crippen LogP contribution in [0.3, 0.4) is 0 Å². The molecule has 0 aliphatic heterocycles. The highest BCUT2D eigenvalue weighted by atomic mass is 32.2. The van der Waals surface area contributed by atoms with Crippen molar-refractivity contribution in [3.05, 3.63) is 0 Å². The van der Waals surface area contributed by atoms with E-state index in [1.165, 1.54) is 13.8 Å². The summed E-state index contributed by atoms with van der Waals surface area (Å²) in [7, 11) is 0. The summed E-state index contributed by atoms with van der Waals surface area (Å²) in [6, 6.07) is -0.574. The first-order valence-corrected chi connectivity index (χ1v) is 5.94. The summed E-state index contributed by atoms with van der Waals surface area (Å²) in [5.41, 5.74) is 0. The molecule has 0 spiro atoms. The van der Waals surface area contributed by atoms with Gasteiger partial charge in [0.2, 0.25) is 5.91 Å². The van der Waals surface area contributed by atoms with Gasteiger partial charge in [-0.15, -0.1) is 11.8 Å². The molecule has 0 saturated heterocycles. The zero-order chi connectivity index (χ0) is 13.6. The number of rotatable bonds is 6. The normalized spacial score (nSPS) is 11.6. The number of carbonyl (C=O) groups excluding carboxylic acids is 1. The van der Waals surface area contributed by atoms with Crippen molar-refractivity contribution in [2.45, 2.75) is 26.1 Å². The van der Waals surface area contributed by atoms with E-state index in [0.29, 0.717) is 4.90 Å². The Bertz CT molecular complexity index is 281. The first-order valence-electron chi connectivity index (χ1n) is 4.79. The van der Waals surface area contributed by atoms with Crippen molar-refractivity contribution in [3.8, 4) is 0 Å². The van der Waals surface area contributed by atoms with Gasteiger partial charge in [-0.25, -0.2) is 0 Å².